The van der Waals surface area contributed by atoms with Crippen LogP contribution in [0.4, 0.5) is 0 Å². The average Bonchev–Trinajstić information content (AvgIpc) is 2.68. The first-order chi connectivity index (χ1) is 13.7. The minimum absolute atomic E-state index is 0.107. The highest BCUT2D eigenvalue weighted by molar-refractivity contribution is 6.01. The number of Topliss-reactive ketones (excluding diaryl/α,β-unsaturated/α-hetero) is 1. The Bertz CT molecular complexity index is 652. The van der Waals surface area contributed by atoms with Crippen molar-refractivity contribution in [1.82, 2.24) is 10.2 Å². The van der Waals surface area contributed by atoms with Crippen molar-refractivity contribution in [3.05, 3.63) is 29.3 Å². The molecule has 28 heavy (non-hydrogen) atoms. The van der Waals surface area contributed by atoms with Gasteiger partial charge in [-0.15, -0.1) is 0 Å². The van der Waals surface area contributed by atoms with E-state index < -0.39 is 0 Å². The van der Waals surface area contributed by atoms with Gasteiger partial charge >= 0.3 is 0 Å². The second-order valence-corrected chi connectivity index (χ2v) is 7.79. The summed E-state index contributed by atoms with van der Waals surface area (Å²) in [5.74, 6) is 0.542. The quantitative estimate of drug-likeness (QED) is 0.357. The maximum absolute atomic E-state index is 11.5. The molecule has 1 aromatic rings. The van der Waals surface area contributed by atoms with Crippen LogP contribution in [-0.4, -0.2) is 68.5 Å². The summed E-state index contributed by atoms with van der Waals surface area (Å²) >= 11 is 0. The van der Waals surface area contributed by atoms with E-state index in [0.717, 1.165) is 58.4 Å². The number of piperidine rings is 1. The van der Waals surface area contributed by atoms with Crippen molar-refractivity contribution in [2.45, 2.75) is 51.2 Å². The third kappa shape index (κ3) is 6.12. The molecule has 2 aliphatic heterocycles. The first kappa shape index (κ1) is 21.0. The number of benzene rings is 1. The number of carbonyl (C=O) groups is 2. The maximum Gasteiger partial charge on any atom is 0.160 e. The van der Waals surface area contributed by atoms with Gasteiger partial charge in [0, 0.05) is 37.3 Å². The van der Waals surface area contributed by atoms with Gasteiger partial charge in [-0.3, -0.25) is 9.59 Å². The number of rotatable bonds is 11. The Hall–Kier alpha value is -1.76. The van der Waals surface area contributed by atoms with Crippen LogP contribution in [0, 0.1) is 0 Å². The summed E-state index contributed by atoms with van der Waals surface area (Å²) in [4.78, 5) is 25.1. The van der Waals surface area contributed by atoms with Crippen molar-refractivity contribution >= 4 is 12.1 Å². The summed E-state index contributed by atoms with van der Waals surface area (Å²) < 4.78 is 11.8. The average molecular weight is 389 g/mol. The van der Waals surface area contributed by atoms with Gasteiger partial charge in [0.25, 0.3) is 0 Å². The number of hydrogen-bond donors (Lipinski definition) is 1. The number of nitrogens with one attached hydrogen (secondary N) is 1. The van der Waals surface area contributed by atoms with Gasteiger partial charge in [-0.05, 0) is 63.8 Å². The zero-order chi connectivity index (χ0) is 19.8. The molecular weight excluding hydrogens is 356 g/mol. The van der Waals surface area contributed by atoms with Crippen LogP contribution in [0.5, 0.6) is 5.75 Å². The number of likely N-dealkylation sites (tertiary alicyclic amines) is 1. The summed E-state index contributed by atoms with van der Waals surface area (Å²) in [7, 11) is 0. The number of aldehydes is 1. The molecule has 2 heterocycles. The van der Waals surface area contributed by atoms with E-state index >= 15 is 0 Å². The fourth-order valence-electron chi connectivity index (χ4n) is 3.75. The Morgan fingerprint density at radius 1 is 1.18 bits per heavy atom. The van der Waals surface area contributed by atoms with Gasteiger partial charge in [-0.2, -0.15) is 0 Å². The molecule has 3 rings (SSSR count). The zero-order valence-corrected chi connectivity index (χ0v) is 16.8. The first-order valence-corrected chi connectivity index (χ1v) is 10.5. The van der Waals surface area contributed by atoms with Gasteiger partial charge in [0.15, 0.2) is 12.1 Å². The predicted octanol–water partition coefficient (Wildman–Crippen LogP) is 2.70. The lowest BCUT2D eigenvalue weighted by Gasteiger charge is -2.36. The largest absolute Gasteiger partial charge is 0.494 e. The first-order valence-electron chi connectivity index (χ1n) is 10.5. The van der Waals surface area contributed by atoms with E-state index in [1.165, 1.54) is 13.3 Å². The standard InChI is InChI=1S/C22H32N2O4/c1-17(26)22-6-5-20(13-18(22)16-25)27-12-4-2-3-9-24-10-7-19(8-11-24)28-21-14-23-15-21/h5-6,13,16,19,21,23H,2-4,7-12,14-15H2,1H3. The maximum atomic E-state index is 11.5. The van der Waals surface area contributed by atoms with Gasteiger partial charge in [0.1, 0.15) is 5.75 Å². The number of hydrogen-bond acceptors (Lipinski definition) is 6. The van der Waals surface area contributed by atoms with E-state index in [0.29, 0.717) is 42.0 Å². The predicted molar refractivity (Wildman–Crippen MR) is 108 cm³/mol. The molecule has 0 radical (unpaired) electrons. The Labute approximate surface area is 167 Å². The Morgan fingerprint density at radius 2 is 1.96 bits per heavy atom. The molecule has 0 bridgehead atoms. The number of carbonyl (C=O) groups excluding carboxylic acids is 2. The van der Waals surface area contributed by atoms with E-state index in [9.17, 15) is 9.59 Å². The summed E-state index contributed by atoms with van der Waals surface area (Å²) in [6, 6.07) is 5.07. The second kappa shape index (κ2) is 10.7. The Kier molecular flexibility index (Phi) is 8.01. The summed E-state index contributed by atoms with van der Waals surface area (Å²) in [6.07, 6.45) is 7.17. The topological polar surface area (TPSA) is 67.9 Å². The summed E-state index contributed by atoms with van der Waals surface area (Å²) in [5.41, 5.74) is 0.840. The SMILES string of the molecule is CC(=O)c1ccc(OCCCCCN2CCC(OC3CNC3)CC2)cc1C=O. The van der Waals surface area contributed by atoms with Crippen LogP contribution in [-0.2, 0) is 4.74 Å². The van der Waals surface area contributed by atoms with E-state index in [4.69, 9.17) is 9.47 Å². The molecule has 0 spiro atoms. The Balaban J connectivity index is 1.25. The molecule has 0 aliphatic carbocycles. The van der Waals surface area contributed by atoms with Crippen LogP contribution in [0.3, 0.4) is 0 Å². The molecular formula is C22H32N2O4. The van der Waals surface area contributed by atoms with Gasteiger partial charge < -0.3 is 19.7 Å². The number of nitrogens with zero attached hydrogens (tertiary/aromatic N) is 1. The molecule has 6 heteroatoms. The number of unbranched alkanes of at least 4 members (excludes halogenated alkanes) is 2. The minimum atomic E-state index is -0.107. The number of ether oxygens (including phenoxy) is 2. The van der Waals surface area contributed by atoms with Crippen molar-refractivity contribution in [2.24, 2.45) is 0 Å². The van der Waals surface area contributed by atoms with Crippen molar-refractivity contribution < 1.29 is 19.1 Å². The lowest BCUT2D eigenvalue weighted by Crippen LogP contribution is -2.51. The molecule has 2 aliphatic rings. The van der Waals surface area contributed by atoms with Crippen LogP contribution in [0.15, 0.2) is 18.2 Å². The van der Waals surface area contributed by atoms with Gasteiger partial charge in [-0.25, -0.2) is 0 Å². The molecule has 2 saturated heterocycles. The highest BCUT2D eigenvalue weighted by atomic mass is 16.5. The third-order valence-electron chi connectivity index (χ3n) is 5.58. The zero-order valence-electron chi connectivity index (χ0n) is 16.8. The van der Waals surface area contributed by atoms with E-state index in [1.54, 1.807) is 18.2 Å². The highest BCUT2D eigenvalue weighted by Gasteiger charge is 2.25. The Morgan fingerprint density at radius 3 is 2.61 bits per heavy atom. The van der Waals surface area contributed by atoms with Crippen molar-refractivity contribution in [2.75, 3.05) is 39.3 Å². The van der Waals surface area contributed by atoms with E-state index in [2.05, 4.69) is 10.2 Å². The monoisotopic (exact) mass is 388 g/mol. The van der Waals surface area contributed by atoms with Crippen LogP contribution in [0.25, 0.3) is 0 Å². The fraction of sp³-hybridized carbons (Fsp3) is 0.636. The molecule has 1 N–H and O–H groups in total. The molecule has 0 amide bonds. The molecule has 154 valence electrons. The third-order valence-corrected chi connectivity index (χ3v) is 5.58. The van der Waals surface area contributed by atoms with Gasteiger partial charge in [-0.1, -0.05) is 0 Å². The summed E-state index contributed by atoms with van der Waals surface area (Å²) in [5, 5.41) is 3.25. The molecule has 0 aromatic heterocycles. The minimum Gasteiger partial charge on any atom is -0.494 e. The van der Waals surface area contributed by atoms with E-state index in [1.807, 2.05) is 0 Å². The molecule has 2 fully saturated rings. The molecule has 0 atom stereocenters. The molecule has 1 aromatic carbocycles. The van der Waals surface area contributed by atoms with Crippen molar-refractivity contribution in [1.29, 1.82) is 0 Å². The van der Waals surface area contributed by atoms with Crippen LogP contribution in [0.2, 0.25) is 0 Å². The van der Waals surface area contributed by atoms with Crippen LogP contribution < -0.4 is 10.1 Å². The lowest BCUT2D eigenvalue weighted by molar-refractivity contribution is -0.0620. The highest BCUT2D eigenvalue weighted by Crippen LogP contribution is 2.19. The second-order valence-electron chi connectivity index (χ2n) is 7.79. The molecule has 6 nitrogen and oxygen atoms in total. The van der Waals surface area contributed by atoms with Gasteiger partial charge in [0.05, 0.1) is 18.8 Å². The van der Waals surface area contributed by atoms with Gasteiger partial charge in [0.2, 0.25) is 0 Å². The fourth-order valence-corrected chi connectivity index (χ4v) is 3.75. The van der Waals surface area contributed by atoms with Crippen LogP contribution in [0.1, 0.15) is 59.7 Å². The normalized spacial score (nSPS) is 18.6. The molecule has 0 unspecified atom stereocenters. The van der Waals surface area contributed by atoms with Crippen molar-refractivity contribution in [3.8, 4) is 5.75 Å². The lowest BCUT2D eigenvalue weighted by atomic mass is 10.1. The number of ketones is 1. The van der Waals surface area contributed by atoms with Crippen LogP contribution >= 0.6 is 0 Å². The smallest absolute Gasteiger partial charge is 0.160 e. The molecule has 0 saturated carbocycles. The van der Waals surface area contributed by atoms with Crippen molar-refractivity contribution in [3.63, 3.8) is 0 Å². The summed E-state index contributed by atoms with van der Waals surface area (Å²) in [6.45, 7) is 7.53. The van der Waals surface area contributed by atoms with E-state index in [-0.39, 0.29) is 5.78 Å².